The maximum atomic E-state index is 13.8. The molecular weight excluding hydrogens is 420 g/mol. The molecule has 0 saturated heterocycles. The Bertz CT molecular complexity index is 1230. The molecule has 0 fully saturated rings. The molecule has 0 aromatic heterocycles. The van der Waals surface area contributed by atoms with Crippen molar-refractivity contribution in [3.63, 3.8) is 0 Å². The van der Waals surface area contributed by atoms with Crippen LogP contribution in [0.2, 0.25) is 0 Å². The molecule has 33 heavy (non-hydrogen) atoms. The largest absolute Gasteiger partial charge is 0.496 e. The van der Waals surface area contributed by atoms with Crippen molar-refractivity contribution in [3.05, 3.63) is 84.1 Å². The second kappa shape index (κ2) is 9.48. The SMILES string of the molecule is CCOc1ccccc1N1C(=O)C(Nc2ccccc2OC)=C(c2ccccc2OC)C1=O. The summed E-state index contributed by atoms with van der Waals surface area (Å²) in [5.74, 6) is 0.485. The lowest BCUT2D eigenvalue weighted by Crippen LogP contribution is -2.32. The highest BCUT2D eigenvalue weighted by molar-refractivity contribution is 6.46. The maximum Gasteiger partial charge on any atom is 0.282 e. The number of hydrogen-bond donors (Lipinski definition) is 1. The fraction of sp³-hybridized carbons (Fsp3) is 0.154. The van der Waals surface area contributed by atoms with Crippen LogP contribution < -0.4 is 24.4 Å². The number of carbonyl (C=O) groups excluding carboxylic acids is 2. The van der Waals surface area contributed by atoms with Crippen molar-refractivity contribution in [3.8, 4) is 17.2 Å². The van der Waals surface area contributed by atoms with Gasteiger partial charge >= 0.3 is 0 Å². The molecule has 3 aromatic rings. The van der Waals surface area contributed by atoms with Crippen LogP contribution in [0.1, 0.15) is 12.5 Å². The van der Waals surface area contributed by atoms with Gasteiger partial charge in [0.2, 0.25) is 0 Å². The van der Waals surface area contributed by atoms with Gasteiger partial charge in [-0.1, -0.05) is 42.5 Å². The van der Waals surface area contributed by atoms with E-state index in [1.807, 2.05) is 19.1 Å². The van der Waals surface area contributed by atoms with Crippen molar-refractivity contribution in [2.45, 2.75) is 6.92 Å². The van der Waals surface area contributed by atoms with Crippen molar-refractivity contribution in [2.75, 3.05) is 31.0 Å². The quantitative estimate of drug-likeness (QED) is 0.516. The Hall–Kier alpha value is -4.26. The third kappa shape index (κ3) is 4.01. The van der Waals surface area contributed by atoms with Gasteiger partial charge in [-0.05, 0) is 37.3 Å². The van der Waals surface area contributed by atoms with E-state index in [1.54, 1.807) is 67.8 Å². The van der Waals surface area contributed by atoms with E-state index < -0.39 is 11.8 Å². The lowest BCUT2D eigenvalue weighted by molar-refractivity contribution is -0.120. The average molecular weight is 444 g/mol. The van der Waals surface area contributed by atoms with E-state index in [1.165, 1.54) is 7.11 Å². The van der Waals surface area contributed by atoms with Gasteiger partial charge < -0.3 is 19.5 Å². The Balaban J connectivity index is 1.89. The van der Waals surface area contributed by atoms with Crippen LogP contribution in [-0.2, 0) is 9.59 Å². The fourth-order valence-electron chi connectivity index (χ4n) is 3.77. The molecule has 168 valence electrons. The monoisotopic (exact) mass is 444 g/mol. The summed E-state index contributed by atoms with van der Waals surface area (Å²) >= 11 is 0. The topological polar surface area (TPSA) is 77.1 Å². The Morgan fingerprint density at radius 2 is 1.36 bits per heavy atom. The molecule has 0 atom stereocenters. The smallest absolute Gasteiger partial charge is 0.282 e. The average Bonchev–Trinajstić information content (AvgIpc) is 3.09. The number of imide groups is 1. The summed E-state index contributed by atoms with van der Waals surface area (Å²) in [5.41, 5.74) is 1.77. The summed E-state index contributed by atoms with van der Waals surface area (Å²) in [6.07, 6.45) is 0. The lowest BCUT2D eigenvalue weighted by atomic mass is 10.0. The number of ether oxygens (including phenoxy) is 3. The molecule has 1 aliphatic rings. The second-order valence-electron chi connectivity index (χ2n) is 7.12. The van der Waals surface area contributed by atoms with Crippen LogP contribution >= 0.6 is 0 Å². The first-order valence-electron chi connectivity index (χ1n) is 10.5. The number of carbonyl (C=O) groups is 2. The number of para-hydroxylation sites is 5. The molecule has 7 nitrogen and oxygen atoms in total. The van der Waals surface area contributed by atoms with Crippen LogP contribution in [-0.4, -0.2) is 32.6 Å². The Morgan fingerprint density at radius 3 is 2.06 bits per heavy atom. The minimum absolute atomic E-state index is 0.125. The number of nitrogens with zero attached hydrogens (tertiary/aromatic N) is 1. The zero-order chi connectivity index (χ0) is 23.4. The molecule has 3 aromatic carbocycles. The molecule has 1 N–H and O–H groups in total. The molecule has 0 radical (unpaired) electrons. The highest BCUT2D eigenvalue weighted by Gasteiger charge is 2.42. The first-order valence-corrected chi connectivity index (χ1v) is 10.5. The van der Waals surface area contributed by atoms with Crippen LogP contribution in [0.15, 0.2) is 78.5 Å². The van der Waals surface area contributed by atoms with Crippen LogP contribution in [0, 0.1) is 0 Å². The zero-order valence-electron chi connectivity index (χ0n) is 18.6. The Kier molecular flexibility index (Phi) is 6.31. The highest BCUT2D eigenvalue weighted by Crippen LogP contribution is 2.40. The van der Waals surface area contributed by atoms with Crippen LogP contribution in [0.5, 0.6) is 17.2 Å². The van der Waals surface area contributed by atoms with E-state index in [4.69, 9.17) is 14.2 Å². The second-order valence-corrected chi connectivity index (χ2v) is 7.12. The van der Waals surface area contributed by atoms with E-state index in [0.717, 1.165) is 4.90 Å². The molecule has 1 aliphatic heterocycles. The molecule has 7 heteroatoms. The third-order valence-electron chi connectivity index (χ3n) is 5.23. The van der Waals surface area contributed by atoms with E-state index in [0.29, 0.717) is 40.8 Å². The summed E-state index contributed by atoms with van der Waals surface area (Å²) < 4.78 is 16.6. The van der Waals surface area contributed by atoms with Crippen molar-refractivity contribution in [1.29, 1.82) is 0 Å². The normalized spacial score (nSPS) is 13.4. The molecule has 0 saturated carbocycles. The van der Waals surface area contributed by atoms with Crippen molar-refractivity contribution in [1.82, 2.24) is 0 Å². The summed E-state index contributed by atoms with van der Waals surface area (Å²) in [4.78, 5) is 28.6. The molecule has 0 unspecified atom stereocenters. The lowest BCUT2D eigenvalue weighted by Gasteiger charge is -2.19. The molecule has 0 aliphatic carbocycles. The van der Waals surface area contributed by atoms with Gasteiger partial charge in [0.05, 0.1) is 37.8 Å². The molecule has 0 spiro atoms. The first kappa shape index (κ1) is 22.0. The predicted molar refractivity (Wildman–Crippen MR) is 127 cm³/mol. The number of hydrogen-bond acceptors (Lipinski definition) is 6. The zero-order valence-corrected chi connectivity index (χ0v) is 18.6. The van der Waals surface area contributed by atoms with Gasteiger partial charge in [0.25, 0.3) is 11.8 Å². The van der Waals surface area contributed by atoms with Crippen molar-refractivity contribution < 1.29 is 23.8 Å². The number of benzene rings is 3. The predicted octanol–water partition coefficient (Wildman–Crippen LogP) is 4.50. The van der Waals surface area contributed by atoms with Crippen LogP contribution in [0.3, 0.4) is 0 Å². The first-order chi connectivity index (χ1) is 16.1. The van der Waals surface area contributed by atoms with Crippen molar-refractivity contribution >= 4 is 28.8 Å². The van der Waals surface area contributed by atoms with Crippen LogP contribution in [0.4, 0.5) is 11.4 Å². The standard InChI is InChI=1S/C26H24N2O5/c1-4-33-22-16-10-7-13-19(22)28-25(29)23(17-11-5-8-14-20(17)31-2)24(26(28)30)27-18-12-6-9-15-21(18)32-3/h5-16,27H,4H2,1-3H3. The van der Waals surface area contributed by atoms with Gasteiger partial charge in [-0.15, -0.1) is 0 Å². The van der Waals surface area contributed by atoms with E-state index in [9.17, 15) is 9.59 Å². The minimum Gasteiger partial charge on any atom is -0.496 e. The van der Waals surface area contributed by atoms with Crippen molar-refractivity contribution in [2.24, 2.45) is 0 Å². The Morgan fingerprint density at radius 1 is 0.758 bits per heavy atom. The van der Waals surface area contributed by atoms with Crippen LogP contribution in [0.25, 0.3) is 5.57 Å². The van der Waals surface area contributed by atoms with Gasteiger partial charge in [0, 0.05) is 5.56 Å². The van der Waals surface area contributed by atoms with E-state index in [-0.39, 0.29) is 11.3 Å². The summed E-state index contributed by atoms with van der Waals surface area (Å²) in [6, 6.07) is 21.3. The molecule has 4 rings (SSSR count). The minimum atomic E-state index is -0.501. The van der Waals surface area contributed by atoms with Gasteiger partial charge in [0.15, 0.2) is 0 Å². The van der Waals surface area contributed by atoms with E-state index in [2.05, 4.69) is 5.32 Å². The number of nitrogens with one attached hydrogen (secondary N) is 1. The molecule has 2 amide bonds. The van der Waals surface area contributed by atoms with Gasteiger partial charge in [0.1, 0.15) is 22.9 Å². The van der Waals surface area contributed by atoms with E-state index >= 15 is 0 Å². The third-order valence-corrected chi connectivity index (χ3v) is 5.23. The number of anilines is 2. The Labute approximate surface area is 192 Å². The fourth-order valence-corrected chi connectivity index (χ4v) is 3.77. The summed E-state index contributed by atoms with van der Waals surface area (Å²) in [6.45, 7) is 2.24. The van der Waals surface area contributed by atoms with Gasteiger partial charge in [-0.3, -0.25) is 9.59 Å². The van der Waals surface area contributed by atoms with Gasteiger partial charge in [-0.2, -0.15) is 0 Å². The summed E-state index contributed by atoms with van der Waals surface area (Å²) in [5, 5.41) is 3.14. The molecule has 1 heterocycles. The molecule has 0 bridgehead atoms. The maximum absolute atomic E-state index is 13.8. The summed E-state index contributed by atoms with van der Waals surface area (Å²) in [7, 11) is 3.07. The number of methoxy groups -OCH3 is 2. The number of amides is 2. The number of rotatable bonds is 8. The highest BCUT2D eigenvalue weighted by atomic mass is 16.5. The van der Waals surface area contributed by atoms with Gasteiger partial charge in [-0.25, -0.2) is 4.90 Å². The molecular formula is C26H24N2O5.